The first-order chi connectivity index (χ1) is 13.0. The molecule has 2 rings (SSSR count). The van der Waals surface area contributed by atoms with Gasteiger partial charge in [0.2, 0.25) is 0 Å². The maximum Gasteiger partial charge on any atom is 0.191 e. The van der Waals surface area contributed by atoms with Gasteiger partial charge in [-0.1, -0.05) is 26.0 Å². The Balaban J connectivity index is 1.62. The summed E-state index contributed by atoms with van der Waals surface area (Å²) in [6.07, 6.45) is 3.14. The molecule has 1 aromatic carbocycles. The summed E-state index contributed by atoms with van der Waals surface area (Å²) in [4.78, 5) is 4.26. The van der Waals surface area contributed by atoms with Gasteiger partial charge in [-0.3, -0.25) is 4.99 Å². The van der Waals surface area contributed by atoms with Crippen LogP contribution in [0.2, 0.25) is 0 Å². The van der Waals surface area contributed by atoms with Gasteiger partial charge in [0.1, 0.15) is 5.82 Å². The Labute approximate surface area is 162 Å². The Kier molecular flexibility index (Phi) is 9.01. The third-order valence-electron chi connectivity index (χ3n) is 4.98. The van der Waals surface area contributed by atoms with Crippen molar-refractivity contribution in [3.63, 3.8) is 0 Å². The summed E-state index contributed by atoms with van der Waals surface area (Å²) in [5.74, 6) is 1.19. The van der Waals surface area contributed by atoms with Crippen molar-refractivity contribution in [1.29, 1.82) is 0 Å². The number of rotatable bonds is 9. The van der Waals surface area contributed by atoms with Crippen molar-refractivity contribution in [3.05, 3.63) is 35.6 Å². The van der Waals surface area contributed by atoms with E-state index in [1.807, 2.05) is 6.07 Å². The van der Waals surface area contributed by atoms with Gasteiger partial charge in [-0.15, -0.1) is 0 Å². The molecule has 5 nitrogen and oxygen atoms in total. The maximum absolute atomic E-state index is 13.5. The van der Waals surface area contributed by atoms with E-state index in [0.29, 0.717) is 12.5 Å². The van der Waals surface area contributed by atoms with Crippen LogP contribution in [-0.4, -0.2) is 52.5 Å². The number of nitrogens with zero attached hydrogens (tertiary/aromatic N) is 1. The van der Waals surface area contributed by atoms with Crippen LogP contribution in [0.1, 0.15) is 38.7 Å². The predicted molar refractivity (Wildman–Crippen MR) is 108 cm³/mol. The average molecular weight is 380 g/mol. The summed E-state index contributed by atoms with van der Waals surface area (Å²) in [6.45, 7) is 8.95. The molecule has 0 amide bonds. The quantitative estimate of drug-likeness (QED) is 0.393. The zero-order valence-electron chi connectivity index (χ0n) is 16.9. The first kappa shape index (κ1) is 21.6. The van der Waals surface area contributed by atoms with Gasteiger partial charge in [-0.2, -0.15) is 0 Å². The van der Waals surface area contributed by atoms with Crippen LogP contribution < -0.4 is 10.6 Å². The summed E-state index contributed by atoms with van der Waals surface area (Å²) in [5.41, 5.74) is 0.763. The molecule has 1 aliphatic rings. The second-order valence-corrected chi connectivity index (χ2v) is 7.73. The predicted octanol–water partition coefficient (Wildman–Crippen LogP) is 3.10. The molecule has 0 unspecified atom stereocenters. The normalized spacial score (nSPS) is 16.4. The van der Waals surface area contributed by atoms with Crippen molar-refractivity contribution in [2.24, 2.45) is 10.9 Å². The SMILES string of the molecule is CN=C(NCCCOCC1CCOCC1)NCC(C)(C)c1cccc(F)c1. The van der Waals surface area contributed by atoms with Crippen molar-refractivity contribution in [1.82, 2.24) is 10.6 Å². The van der Waals surface area contributed by atoms with Gasteiger partial charge in [0, 0.05) is 52.0 Å². The zero-order chi connectivity index (χ0) is 19.5. The topological polar surface area (TPSA) is 54.9 Å². The van der Waals surface area contributed by atoms with Gasteiger partial charge < -0.3 is 20.1 Å². The highest BCUT2D eigenvalue weighted by atomic mass is 19.1. The number of guanidine groups is 1. The Morgan fingerprint density at radius 1 is 1.30 bits per heavy atom. The van der Waals surface area contributed by atoms with Crippen molar-refractivity contribution in [2.75, 3.05) is 46.6 Å². The van der Waals surface area contributed by atoms with Gasteiger partial charge in [0.15, 0.2) is 5.96 Å². The van der Waals surface area contributed by atoms with E-state index in [2.05, 4.69) is 29.5 Å². The van der Waals surface area contributed by atoms with Gasteiger partial charge in [0.25, 0.3) is 0 Å². The monoisotopic (exact) mass is 379 g/mol. The third kappa shape index (κ3) is 7.85. The minimum Gasteiger partial charge on any atom is -0.381 e. The molecular weight excluding hydrogens is 345 g/mol. The molecule has 0 aromatic heterocycles. The van der Waals surface area contributed by atoms with Gasteiger partial charge in [-0.25, -0.2) is 4.39 Å². The van der Waals surface area contributed by atoms with E-state index in [0.717, 1.165) is 63.8 Å². The number of benzene rings is 1. The van der Waals surface area contributed by atoms with Gasteiger partial charge in [0.05, 0.1) is 0 Å². The van der Waals surface area contributed by atoms with Crippen molar-refractivity contribution < 1.29 is 13.9 Å². The summed E-state index contributed by atoms with van der Waals surface area (Å²) >= 11 is 0. The number of hydrogen-bond acceptors (Lipinski definition) is 3. The molecule has 0 saturated carbocycles. The average Bonchev–Trinajstić information content (AvgIpc) is 2.67. The third-order valence-corrected chi connectivity index (χ3v) is 4.98. The fourth-order valence-electron chi connectivity index (χ4n) is 3.08. The van der Waals surface area contributed by atoms with Crippen LogP contribution in [0.5, 0.6) is 0 Å². The first-order valence-electron chi connectivity index (χ1n) is 9.87. The molecule has 1 aromatic rings. The Hall–Kier alpha value is -1.66. The lowest BCUT2D eigenvalue weighted by atomic mass is 9.84. The molecule has 152 valence electrons. The second kappa shape index (κ2) is 11.2. The standard InChI is InChI=1S/C21H34FN3O2/c1-21(2,18-6-4-7-19(22)14-18)16-25-20(23-3)24-10-5-11-27-15-17-8-12-26-13-9-17/h4,6-7,14,17H,5,8-13,15-16H2,1-3H3,(H2,23,24,25). The van der Waals surface area contributed by atoms with Crippen molar-refractivity contribution in [2.45, 2.75) is 38.5 Å². The second-order valence-electron chi connectivity index (χ2n) is 7.73. The van der Waals surface area contributed by atoms with Gasteiger partial charge in [-0.05, 0) is 42.9 Å². The van der Waals surface area contributed by atoms with Crippen LogP contribution in [0, 0.1) is 11.7 Å². The fourth-order valence-corrected chi connectivity index (χ4v) is 3.08. The number of hydrogen-bond donors (Lipinski definition) is 2. The largest absolute Gasteiger partial charge is 0.381 e. The smallest absolute Gasteiger partial charge is 0.191 e. The number of halogens is 1. The Morgan fingerprint density at radius 2 is 2.07 bits per heavy atom. The lowest BCUT2D eigenvalue weighted by Gasteiger charge is -2.27. The van der Waals surface area contributed by atoms with E-state index in [1.165, 1.54) is 6.07 Å². The van der Waals surface area contributed by atoms with E-state index >= 15 is 0 Å². The van der Waals surface area contributed by atoms with Crippen LogP contribution in [0.4, 0.5) is 4.39 Å². The van der Waals surface area contributed by atoms with Crippen molar-refractivity contribution >= 4 is 5.96 Å². The Bertz CT molecular complexity index is 587. The number of aliphatic imine (C=N–C) groups is 1. The fraction of sp³-hybridized carbons (Fsp3) is 0.667. The van der Waals surface area contributed by atoms with Crippen LogP contribution in [0.25, 0.3) is 0 Å². The first-order valence-corrected chi connectivity index (χ1v) is 9.87. The summed E-state index contributed by atoms with van der Waals surface area (Å²) in [6, 6.07) is 6.77. The molecule has 1 saturated heterocycles. The summed E-state index contributed by atoms with van der Waals surface area (Å²) in [5, 5.41) is 6.64. The molecule has 1 fully saturated rings. The highest BCUT2D eigenvalue weighted by molar-refractivity contribution is 5.79. The lowest BCUT2D eigenvalue weighted by molar-refractivity contribution is 0.0203. The molecular formula is C21H34FN3O2. The van der Waals surface area contributed by atoms with Gasteiger partial charge >= 0.3 is 0 Å². The molecule has 0 spiro atoms. The zero-order valence-corrected chi connectivity index (χ0v) is 16.9. The number of nitrogens with one attached hydrogen (secondary N) is 2. The van der Waals surface area contributed by atoms with Crippen molar-refractivity contribution in [3.8, 4) is 0 Å². The van der Waals surface area contributed by atoms with Crippen LogP contribution >= 0.6 is 0 Å². The molecule has 0 atom stereocenters. The van der Waals surface area contributed by atoms with E-state index in [9.17, 15) is 4.39 Å². The van der Waals surface area contributed by atoms with Crippen LogP contribution in [-0.2, 0) is 14.9 Å². The summed E-state index contributed by atoms with van der Waals surface area (Å²) in [7, 11) is 1.76. The highest BCUT2D eigenvalue weighted by Crippen LogP contribution is 2.22. The molecule has 0 aliphatic carbocycles. The number of ether oxygens (including phenoxy) is 2. The van der Waals surface area contributed by atoms with E-state index < -0.39 is 0 Å². The van der Waals surface area contributed by atoms with Crippen LogP contribution in [0.3, 0.4) is 0 Å². The molecule has 1 heterocycles. The molecule has 27 heavy (non-hydrogen) atoms. The van der Waals surface area contributed by atoms with Crippen LogP contribution in [0.15, 0.2) is 29.3 Å². The van der Waals surface area contributed by atoms with E-state index in [4.69, 9.17) is 9.47 Å². The molecule has 1 aliphatic heterocycles. The van der Waals surface area contributed by atoms with E-state index in [-0.39, 0.29) is 11.2 Å². The molecule has 2 N–H and O–H groups in total. The van der Waals surface area contributed by atoms with E-state index in [1.54, 1.807) is 19.2 Å². The molecule has 0 bridgehead atoms. The Morgan fingerprint density at radius 3 is 2.78 bits per heavy atom. The molecule has 0 radical (unpaired) electrons. The lowest BCUT2D eigenvalue weighted by Crippen LogP contribution is -2.43. The maximum atomic E-state index is 13.5. The molecule has 6 heteroatoms. The highest BCUT2D eigenvalue weighted by Gasteiger charge is 2.21. The minimum atomic E-state index is -0.205. The minimum absolute atomic E-state index is 0.202. The summed E-state index contributed by atoms with van der Waals surface area (Å²) < 4.78 is 24.6.